The highest BCUT2D eigenvalue weighted by molar-refractivity contribution is 8.00. The number of anilines is 1. The standard InChI is InChI=1S/C12H10F3NO3S/c13-12(14,15)20-7-3-1-6(2-4-7)16-10(17)8-5-9(8)11(18)19/h1-4,8-9H,5H2,(H,16,17)(H,18,19). The van der Waals surface area contributed by atoms with Crippen LogP contribution >= 0.6 is 11.8 Å². The number of carboxylic acids is 1. The van der Waals surface area contributed by atoms with Crippen molar-refractivity contribution in [2.45, 2.75) is 16.8 Å². The lowest BCUT2D eigenvalue weighted by molar-refractivity contribution is -0.139. The van der Waals surface area contributed by atoms with Crippen molar-refractivity contribution in [1.82, 2.24) is 0 Å². The van der Waals surface area contributed by atoms with E-state index in [-0.39, 0.29) is 16.7 Å². The van der Waals surface area contributed by atoms with E-state index in [0.717, 1.165) is 0 Å². The van der Waals surface area contributed by atoms with Crippen LogP contribution in [0.4, 0.5) is 18.9 Å². The number of amides is 1. The van der Waals surface area contributed by atoms with Crippen molar-refractivity contribution in [3.8, 4) is 0 Å². The number of carbonyl (C=O) groups is 2. The van der Waals surface area contributed by atoms with Crippen molar-refractivity contribution in [2.24, 2.45) is 11.8 Å². The molecule has 2 atom stereocenters. The molecule has 1 saturated carbocycles. The average molecular weight is 305 g/mol. The number of hydrogen-bond acceptors (Lipinski definition) is 3. The molecule has 1 aliphatic rings. The largest absolute Gasteiger partial charge is 0.481 e. The molecule has 8 heteroatoms. The Morgan fingerprint density at radius 3 is 2.25 bits per heavy atom. The van der Waals surface area contributed by atoms with Gasteiger partial charge in [-0.05, 0) is 42.4 Å². The quantitative estimate of drug-likeness (QED) is 0.839. The van der Waals surface area contributed by atoms with Gasteiger partial charge in [-0.3, -0.25) is 9.59 Å². The van der Waals surface area contributed by atoms with Crippen molar-refractivity contribution in [1.29, 1.82) is 0 Å². The monoisotopic (exact) mass is 305 g/mol. The fourth-order valence-electron chi connectivity index (χ4n) is 1.73. The number of carbonyl (C=O) groups excluding carboxylic acids is 1. The van der Waals surface area contributed by atoms with E-state index in [2.05, 4.69) is 5.32 Å². The van der Waals surface area contributed by atoms with E-state index in [0.29, 0.717) is 12.1 Å². The Morgan fingerprint density at radius 1 is 1.20 bits per heavy atom. The van der Waals surface area contributed by atoms with Crippen molar-refractivity contribution < 1.29 is 27.9 Å². The highest BCUT2D eigenvalue weighted by Gasteiger charge is 2.48. The van der Waals surface area contributed by atoms with E-state index in [1.165, 1.54) is 24.3 Å². The number of alkyl halides is 3. The second kappa shape index (κ2) is 5.35. The Morgan fingerprint density at radius 2 is 1.80 bits per heavy atom. The fourth-order valence-corrected chi connectivity index (χ4v) is 2.27. The van der Waals surface area contributed by atoms with Gasteiger partial charge in [-0.15, -0.1) is 0 Å². The van der Waals surface area contributed by atoms with Gasteiger partial charge in [0.15, 0.2) is 0 Å². The van der Waals surface area contributed by atoms with E-state index < -0.39 is 29.2 Å². The molecule has 0 saturated heterocycles. The molecule has 0 radical (unpaired) electrons. The summed E-state index contributed by atoms with van der Waals surface area (Å²) in [6.07, 6.45) is 0.295. The lowest BCUT2D eigenvalue weighted by Crippen LogP contribution is -2.16. The number of aliphatic carboxylic acids is 1. The fraction of sp³-hybridized carbons (Fsp3) is 0.333. The summed E-state index contributed by atoms with van der Waals surface area (Å²) in [6.45, 7) is 0. The third-order valence-corrected chi connectivity index (χ3v) is 3.54. The molecule has 2 unspecified atom stereocenters. The van der Waals surface area contributed by atoms with Crippen molar-refractivity contribution in [3.63, 3.8) is 0 Å². The summed E-state index contributed by atoms with van der Waals surface area (Å²) in [5.74, 6) is -2.65. The van der Waals surface area contributed by atoms with Crippen molar-refractivity contribution >= 4 is 29.3 Å². The van der Waals surface area contributed by atoms with Crippen LogP contribution in [-0.2, 0) is 9.59 Å². The van der Waals surface area contributed by atoms with Gasteiger partial charge in [-0.1, -0.05) is 0 Å². The summed E-state index contributed by atoms with van der Waals surface area (Å²) in [6, 6.07) is 5.19. The molecular weight excluding hydrogens is 295 g/mol. The highest BCUT2D eigenvalue weighted by atomic mass is 32.2. The minimum Gasteiger partial charge on any atom is -0.481 e. The van der Waals surface area contributed by atoms with Gasteiger partial charge in [0.25, 0.3) is 0 Å². The summed E-state index contributed by atoms with van der Waals surface area (Å²) in [5, 5.41) is 11.2. The molecule has 0 aliphatic heterocycles. The molecule has 4 nitrogen and oxygen atoms in total. The van der Waals surface area contributed by atoms with Crippen LogP contribution in [0.15, 0.2) is 29.2 Å². The Kier molecular flexibility index (Phi) is 3.94. The Bertz CT molecular complexity index is 530. The molecule has 1 fully saturated rings. The normalized spacial score (nSPS) is 21.4. The van der Waals surface area contributed by atoms with Crippen LogP contribution in [0.5, 0.6) is 0 Å². The predicted molar refractivity (Wildman–Crippen MR) is 66.2 cm³/mol. The lowest BCUT2D eigenvalue weighted by Gasteiger charge is -2.07. The van der Waals surface area contributed by atoms with E-state index in [4.69, 9.17) is 5.11 Å². The maximum Gasteiger partial charge on any atom is 0.446 e. The number of hydrogen-bond donors (Lipinski definition) is 2. The van der Waals surface area contributed by atoms with Gasteiger partial charge >= 0.3 is 11.5 Å². The number of halogens is 3. The zero-order valence-corrected chi connectivity index (χ0v) is 10.8. The van der Waals surface area contributed by atoms with Gasteiger partial charge in [0.2, 0.25) is 5.91 Å². The van der Waals surface area contributed by atoms with E-state index in [1.54, 1.807) is 0 Å². The molecule has 108 valence electrons. The van der Waals surface area contributed by atoms with Gasteiger partial charge in [-0.2, -0.15) is 13.2 Å². The molecule has 2 N–H and O–H groups in total. The third kappa shape index (κ3) is 3.89. The zero-order chi connectivity index (χ0) is 14.9. The molecule has 0 aromatic heterocycles. The minimum atomic E-state index is -4.35. The minimum absolute atomic E-state index is 0.0188. The number of benzene rings is 1. The van der Waals surface area contributed by atoms with Crippen LogP contribution < -0.4 is 5.32 Å². The van der Waals surface area contributed by atoms with Gasteiger partial charge in [0, 0.05) is 10.6 Å². The van der Waals surface area contributed by atoms with E-state index in [1.807, 2.05) is 0 Å². The SMILES string of the molecule is O=C(O)C1CC1C(=O)Nc1ccc(SC(F)(F)F)cc1. The Labute approximate surface area is 116 Å². The van der Waals surface area contributed by atoms with Crippen LogP contribution in [0.1, 0.15) is 6.42 Å². The van der Waals surface area contributed by atoms with Gasteiger partial charge < -0.3 is 10.4 Å². The molecule has 0 heterocycles. The topological polar surface area (TPSA) is 66.4 Å². The highest BCUT2D eigenvalue weighted by Crippen LogP contribution is 2.40. The number of nitrogens with one attached hydrogen (secondary N) is 1. The summed E-state index contributed by atoms with van der Waals surface area (Å²) in [5.41, 5.74) is -4.01. The predicted octanol–water partition coefficient (Wildman–Crippen LogP) is 2.96. The summed E-state index contributed by atoms with van der Waals surface area (Å²) in [7, 11) is 0. The van der Waals surface area contributed by atoms with Crippen LogP contribution in [0.2, 0.25) is 0 Å². The van der Waals surface area contributed by atoms with Crippen LogP contribution in [0.25, 0.3) is 0 Å². The summed E-state index contributed by atoms with van der Waals surface area (Å²) >= 11 is -0.239. The Balaban J connectivity index is 1.91. The summed E-state index contributed by atoms with van der Waals surface area (Å²) < 4.78 is 36.4. The first-order valence-corrected chi connectivity index (χ1v) is 6.47. The number of thioether (sulfide) groups is 1. The average Bonchev–Trinajstić information content (AvgIpc) is 3.09. The Hall–Kier alpha value is -1.70. The third-order valence-electron chi connectivity index (χ3n) is 2.80. The van der Waals surface area contributed by atoms with Gasteiger partial charge in [0.1, 0.15) is 0 Å². The molecule has 1 aromatic carbocycles. The van der Waals surface area contributed by atoms with Crippen molar-refractivity contribution in [2.75, 3.05) is 5.32 Å². The second-order valence-electron chi connectivity index (χ2n) is 4.35. The maximum absolute atomic E-state index is 12.1. The number of carboxylic acid groups (broad SMARTS) is 1. The van der Waals surface area contributed by atoms with Gasteiger partial charge in [-0.25, -0.2) is 0 Å². The molecule has 1 aliphatic carbocycles. The van der Waals surface area contributed by atoms with Crippen LogP contribution in [0.3, 0.4) is 0 Å². The molecule has 0 spiro atoms. The molecule has 1 amide bonds. The first-order chi connectivity index (χ1) is 9.26. The van der Waals surface area contributed by atoms with E-state index >= 15 is 0 Å². The first-order valence-electron chi connectivity index (χ1n) is 5.66. The molecule has 2 rings (SSSR count). The summed E-state index contributed by atoms with van der Waals surface area (Å²) in [4.78, 5) is 22.3. The molecule has 20 heavy (non-hydrogen) atoms. The maximum atomic E-state index is 12.1. The first kappa shape index (κ1) is 14.7. The second-order valence-corrected chi connectivity index (χ2v) is 5.49. The smallest absolute Gasteiger partial charge is 0.446 e. The molecule has 0 bridgehead atoms. The zero-order valence-electron chi connectivity index (χ0n) is 9.98. The van der Waals surface area contributed by atoms with Gasteiger partial charge in [0.05, 0.1) is 11.8 Å². The van der Waals surface area contributed by atoms with Crippen LogP contribution in [-0.4, -0.2) is 22.5 Å². The van der Waals surface area contributed by atoms with Crippen molar-refractivity contribution in [3.05, 3.63) is 24.3 Å². The van der Waals surface area contributed by atoms with Crippen LogP contribution in [0, 0.1) is 11.8 Å². The molecule has 1 aromatic rings. The molecular formula is C12H10F3NO3S. The lowest BCUT2D eigenvalue weighted by atomic mass is 10.2. The number of rotatable bonds is 4. The van der Waals surface area contributed by atoms with E-state index in [9.17, 15) is 22.8 Å².